The van der Waals surface area contributed by atoms with Crippen LogP contribution in [0.15, 0.2) is 67.3 Å². The van der Waals surface area contributed by atoms with Crippen molar-refractivity contribution in [2.45, 2.75) is 11.8 Å². The summed E-state index contributed by atoms with van der Waals surface area (Å²) >= 11 is 0. The molecule has 0 fully saturated rings. The Morgan fingerprint density at radius 2 is 1.81 bits per heavy atom. The number of ether oxygens (including phenoxy) is 1. The molecule has 0 aromatic heterocycles. The number of hydrogen-bond donors (Lipinski definition) is 0. The summed E-state index contributed by atoms with van der Waals surface area (Å²) in [6.45, 7) is 4.04. The Labute approximate surface area is 126 Å². The molecule has 2 aromatic carbocycles. The van der Waals surface area contributed by atoms with Crippen LogP contribution >= 0.6 is 0 Å². The van der Waals surface area contributed by atoms with Gasteiger partial charge >= 0.3 is 0 Å². The van der Waals surface area contributed by atoms with Crippen molar-refractivity contribution in [3.63, 3.8) is 0 Å². The highest BCUT2D eigenvalue weighted by atomic mass is 28.1. The van der Waals surface area contributed by atoms with Gasteiger partial charge in [-0.3, -0.25) is 10.1 Å². The van der Waals surface area contributed by atoms with E-state index in [1.807, 2.05) is 30.3 Å². The summed E-state index contributed by atoms with van der Waals surface area (Å²) in [4.78, 5) is 10.6. The maximum atomic E-state index is 11.0. The van der Waals surface area contributed by atoms with E-state index in [-0.39, 0.29) is 17.2 Å². The van der Waals surface area contributed by atoms with Crippen LogP contribution in [0.4, 0.5) is 5.69 Å². The van der Waals surface area contributed by atoms with Gasteiger partial charge in [0.1, 0.15) is 0 Å². The van der Waals surface area contributed by atoms with Crippen LogP contribution in [0, 0.1) is 10.1 Å². The van der Waals surface area contributed by atoms with E-state index in [2.05, 4.69) is 6.58 Å². The maximum Gasteiger partial charge on any atom is 0.274 e. The van der Waals surface area contributed by atoms with Crippen molar-refractivity contribution in [2.24, 2.45) is 0 Å². The third-order valence-electron chi connectivity index (χ3n) is 3.45. The van der Waals surface area contributed by atoms with E-state index in [0.717, 1.165) is 5.56 Å². The van der Waals surface area contributed by atoms with E-state index in [1.54, 1.807) is 24.3 Å². The van der Waals surface area contributed by atoms with Crippen LogP contribution < -0.4 is 0 Å². The van der Waals surface area contributed by atoms with Gasteiger partial charge in [-0.2, -0.15) is 0 Å². The molecule has 0 bridgehead atoms. The van der Waals surface area contributed by atoms with Gasteiger partial charge in [-0.1, -0.05) is 48.5 Å². The molecule has 0 heterocycles. The third kappa shape index (κ3) is 3.45. The molecule has 0 saturated heterocycles. The van der Waals surface area contributed by atoms with Crippen LogP contribution in [0.25, 0.3) is 0 Å². The Morgan fingerprint density at radius 1 is 1.19 bits per heavy atom. The first-order valence-corrected chi connectivity index (χ1v) is 7.62. The molecule has 0 saturated carbocycles. The Bertz CT molecular complexity index is 645. The van der Waals surface area contributed by atoms with Crippen molar-refractivity contribution in [3.8, 4) is 0 Å². The van der Waals surface area contributed by atoms with Gasteiger partial charge in [0.25, 0.3) is 5.69 Å². The zero-order chi connectivity index (χ0) is 15.3. The largest absolute Gasteiger partial charge is 0.366 e. The number of nitrogens with zero attached hydrogens (tertiary/aromatic N) is 1. The molecule has 21 heavy (non-hydrogen) atoms. The quantitative estimate of drug-likeness (QED) is 0.356. The second kappa shape index (κ2) is 6.47. The summed E-state index contributed by atoms with van der Waals surface area (Å²) in [5.41, 5.74) is 1.67. The first-order chi connectivity index (χ1) is 10.1. The van der Waals surface area contributed by atoms with Crippen molar-refractivity contribution in [1.82, 2.24) is 0 Å². The number of rotatable bonds is 6. The first kappa shape index (κ1) is 15.2. The molecule has 5 heteroatoms. The summed E-state index contributed by atoms with van der Waals surface area (Å²) in [7, 11) is 0.701. The van der Waals surface area contributed by atoms with Gasteiger partial charge in [0.05, 0.1) is 32.6 Å². The Morgan fingerprint density at radius 3 is 2.43 bits per heavy atom. The van der Waals surface area contributed by atoms with Crippen LogP contribution in [-0.4, -0.2) is 15.2 Å². The van der Waals surface area contributed by atoms with Gasteiger partial charge in [-0.05, 0) is 11.6 Å². The van der Waals surface area contributed by atoms with Crippen LogP contribution in [-0.2, 0) is 16.6 Å². The summed E-state index contributed by atoms with van der Waals surface area (Å²) in [5.74, 6) is 0. The van der Waals surface area contributed by atoms with Crippen molar-refractivity contribution in [2.75, 3.05) is 0 Å². The highest BCUT2D eigenvalue weighted by Gasteiger charge is 2.24. The minimum Gasteiger partial charge on any atom is -0.366 e. The number of hydrogen-bond acceptors (Lipinski definition) is 3. The molecule has 0 radical (unpaired) electrons. The van der Waals surface area contributed by atoms with Crippen LogP contribution in [0.3, 0.4) is 0 Å². The second-order valence-corrected chi connectivity index (χ2v) is 6.34. The molecule has 0 aliphatic heterocycles. The van der Waals surface area contributed by atoms with E-state index < -0.39 is 5.22 Å². The Balaban J connectivity index is 2.22. The number of para-hydroxylation sites is 1. The van der Waals surface area contributed by atoms with Gasteiger partial charge in [0.2, 0.25) is 0 Å². The van der Waals surface area contributed by atoms with Crippen LogP contribution in [0.1, 0.15) is 11.1 Å². The summed E-state index contributed by atoms with van der Waals surface area (Å²) in [6.07, 6.45) is 1.77. The van der Waals surface area contributed by atoms with Crippen molar-refractivity contribution in [3.05, 3.63) is 88.5 Å². The van der Waals surface area contributed by atoms with Crippen LogP contribution in [0.2, 0.25) is 0 Å². The normalized spacial score (nSPS) is 13.5. The SMILES string of the molecule is C=CC([SiH3])(OCc1ccccc1[N+](=O)[O-])c1ccccc1. The lowest BCUT2D eigenvalue weighted by Crippen LogP contribution is -2.27. The third-order valence-corrected chi connectivity index (χ3v) is 4.73. The molecule has 1 atom stereocenters. The van der Waals surface area contributed by atoms with Gasteiger partial charge < -0.3 is 4.74 Å². The highest BCUT2D eigenvalue weighted by Crippen LogP contribution is 2.27. The molecule has 1 unspecified atom stereocenters. The summed E-state index contributed by atoms with van der Waals surface area (Å²) in [5, 5.41) is 10.5. The molecule has 0 aliphatic rings. The molecule has 0 amide bonds. The summed E-state index contributed by atoms with van der Waals surface area (Å²) in [6, 6.07) is 16.4. The van der Waals surface area contributed by atoms with E-state index >= 15 is 0 Å². The van der Waals surface area contributed by atoms with Gasteiger partial charge in [-0.25, -0.2) is 0 Å². The van der Waals surface area contributed by atoms with Crippen molar-refractivity contribution in [1.29, 1.82) is 0 Å². The lowest BCUT2D eigenvalue weighted by molar-refractivity contribution is -0.386. The van der Waals surface area contributed by atoms with Gasteiger partial charge in [0.15, 0.2) is 0 Å². The lowest BCUT2D eigenvalue weighted by atomic mass is 10.1. The minimum absolute atomic E-state index is 0.0821. The van der Waals surface area contributed by atoms with Crippen molar-refractivity contribution < 1.29 is 9.66 Å². The minimum atomic E-state index is -0.551. The lowest BCUT2D eigenvalue weighted by Gasteiger charge is -2.27. The molecule has 0 spiro atoms. The zero-order valence-corrected chi connectivity index (χ0v) is 13.9. The van der Waals surface area contributed by atoms with Crippen LogP contribution in [0.5, 0.6) is 0 Å². The molecular weight excluding hydrogens is 282 g/mol. The number of benzene rings is 2. The summed E-state index contributed by atoms with van der Waals surface area (Å²) < 4.78 is 5.98. The van der Waals surface area contributed by atoms with E-state index in [4.69, 9.17) is 4.74 Å². The average molecular weight is 299 g/mol. The molecule has 4 nitrogen and oxygen atoms in total. The molecule has 2 rings (SSSR count). The molecule has 108 valence electrons. The number of nitro benzene ring substituents is 1. The molecule has 2 aromatic rings. The molecule has 0 N–H and O–H groups in total. The fourth-order valence-corrected chi connectivity index (χ4v) is 2.55. The first-order valence-electron chi connectivity index (χ1n) is 6.62. The fraction of sp³-hybridized carbons (Fsp3) is 0.125. The predicted octanol–water partition coefficient (Wildman–Crippen LogP) is 2.52. The standard InChI is InChI=1S/C16H17NO3Si/c1-2-16(21,14-9-4-3-5-10-14)20-12-13-8-6-7-11-15(13)17(18)19/h2-11H,1,12H2,21H3. The average Bonchev–Trinajstić information content (AvgIpc) is 2.53. The smallest absolute Gasteiger partial charge is 0.274 e. The van der Waals surface area contributed by atoms with Gasteiger partial charge in [0, 0.05) is 6.07 Å². The molecule has 0 aliphatic carbocycles. The van der Waals surface area contributed by atoms with Crippen molar-refractivity contribution >= 4 is 15.9 Å². The molecular formula is C16H17NO3Si. The van der Waals surface area contributed by atoms with E-state index in [9.17, 15) is 10.1 Å². The fourth-order valence-electron chi connectivity index (χ4n) is 2.07. The van der Waals surface area contributed by atoms with E-state index in [1.165, 1.54) is 6.07 Å². The zero-order valence-electron chi connectivity index (χ0n) is 11.9. The van der Waals surface area contributed by atoms with Gasteiger partial charge in [-0.15, -0.1) is 6.58 Å². The van der Waals surface area contributed by atoms with E-state index in [0.29, 0.717) is 15.8 Å². The number of nitro groups is 1. The Hall–Kier alpha value is -2.24. The monoisotopic (exact) mass is 299 g/mol. The highest BCUT2D eigenvalue weighted by molar-refractivity contribution is 6.16. The second-order valence-electron chi connectivity index (χ2n) is 4.85. The predicted molar refractivity (Wildman–Crippen MR) is 86.1 cm³/mol. The Kier molecular flexibility index (Phi) is 4.67. The topological polar surface area (TPSA) is 52.4 Å². The maximum absolute atomic E-state index is 11.0.